The molecule has 0 aliphatic carbocycles. The van der Waals surface area contributed by atoms with Gasteiger partial charge in [0, 0.05) is 5.02 Å². The number of aliphatic carboxylic acids is 1. The number of benzene rings is 2. The Morgan fingerprint density at radius 2 is 1.94 bits per heavy atom. The summed E-state index contributed by atoms with van der Waals surface area (Å²) in [5, 5.41) is 11.8. The highest BCUT2D eigenvalue weighted by molar-refractivity contribution is 6.31. The van der Waals surface area contributed by atoms with Crippen molar-refractivity contribution < 1.29 is 9.90 Å². The van der Waals surface area contributed by atoms with Gasteiger partial charge in [0.25, 0.3) is 0 Å². The summed E-state index contributed by atoms with van der Waals surface area (Å²) in [4.78, 5) is 11.3. The number of rotatable bonds is 2. The second-order valence-corrected chi connectivity index (χ2v) is 5.04. The molecule has 0 heterocycles. The van der Waals surface area contributed by atoms with Crippen molar-refractivity contribution in [1.82, 2.24) is 0 Å². The number of halogens is 1. The molecule has 0 bridgehead atoms. The number of hydrogen-bond acceptors (Lipinski definition) is 1. The minimum atomic E-state index is -0.926. The Bertz CT molecular complexity index is 588. The molecular formula is C14H13ClO2. The minimum Gasteiger partial charge on any atom is -0.481 e. The van der Waals surface area contributed by atoms with Gasteiger partial charge in [-0.2, -0.15) is 0 Å². The standard InChI is InChI=1S/C14H13ClO2/c1-14(2,13(16)17)12-5-3-4-9-6-7-10(15)8-11(9)12/h3-8H,1-2H3,(H,16,17). The van der Waals surface area contributed by atoms with Crippen LogP contribution in [0.1, 0.15) is 19.4 Å². The molecule has 1 N–H and O–H groups in total. The lowest BCUT2D eigenvalue weighted by Crippen LogP contribution is -2.28. The second kappa shape index (κ2) is 4.04. The van der Waals surface area contributed by atoms with E-state index in [9.17, 15) is 9.90 Å². The largest absolute Gasteiger partial charge is 0.481 e. The highest BCUT2D eigenvalue weighted by Crippen LogP contribution is 2.32. The van der Waals surface area contributed by atoms with Crippen LogP contribution in [0, 0.1) is 0 Å². The average molecular weight is 249 g/mol. The van der Waals surface area contributed by atoms with Crippen LogP contribution < -0.4 is 0 Å². The van der Waals surface area contributed by atoms with E-state index in [0.29, 0.717) is 5.02 Å². The van der Waals surface area contributed by atoms with Crippen LogP contribution in [0.3, 0.4) is 0 Å². The summed E-state index contributed by atoms with van der Waals surface area (Å²) in [6, 6.07) is 11.2. The van der Waals surface area contributed by atoms with Crippen LogP contribution >= 0.6 is 11.6 Å². The lowest BCUT2D eigenvalue weighted by Gasteiger charge is -2.21. The fraction of sp³-hybridized carbons (Fsp3) is 0.214. The van der Waals surface area contributed by atoms with E-state index in [-0.39, 0.29) is 0 Å². The summed E-state index contributed by atoms with van der Waals surface area (Å²) < 4.78 is 0. The molecule has 2 nitrogen and oxygen atoms in total. The molecule has 0 radical (unpaired) electrons. The number of carboxylic acids is 1. The van der Waals surface area contributed by atoms with Crippen LogP contribution in [-0.2, 0) is 10.2 Å². The fourth-order valence-electron chi connectivity index (χ4n) is 1.91. The van der Waals surface area contributed by atoms with E-state index in [4.69, 9.17) is 11.6 Å². The quantitative estimate of drug-likeness (QED) is 0.876. The van der Waals surface area contributed by atoms with E-state index in [1.165, 1.54) is 0 Å². The molecule has 0 spiro atoms. The van der Waals surface area contributed by atoms with Gasteiger partial charge in [-0.15, -0.1) is 0 Å². The number of carboxylic acid groups (broad SMARTS) is 1. The fourth-order valence-corrected chi connectivity index (χ4v) is 2.08. The van der Waals surface area contributed by atoms with Crippen molar-refractivity contribution in [2.75, 3.05) is 0 Å². The van der Waals surface area contributed by atoms with E-state index in [1.54, 1.807) is 19.9 Å². The van der Waals surface area contributed by atoms with Gasteiger partial charge in [0.1, 0.15) is 0 Å². The summed E-state index contributed by atoms with van der Waals surface area (Å²) in [6.07, 6.45) is 0. The van der Waals surface area contributed by atoms with E-state index >= 15 is 0 Å². The highest BCUT2D eigenvalue weighted by Gasteiger charge is 2.30. The Balaban J connectivity index is 2.78. The first-order valence-corrected chi connectivity index (χ1v) is 5.73. The molecule has 88 valence electrons. The number of carbonyl (C=O) groups is 1. The van der Waals surface area contributed by atoms with Crippen molar-refractivity contribution in [3.63, 3.8) is 0 Å². The van der Waals surface area contributed by atoms with Crippen LogP contribution in [0.15, 0.2) is 36.4 Å². The van der Waals surface area contributed by atoms with Crippen molar-refractivity contribution in [3.05, 3.63) is 47.0 Å². The van der Waals surface area contributed by atoms with Gasteiger partial charge in [-0.25, -0.2) is 0 Å². The first-order valence-electron chi connectivity index (χ1n) is 5.35. The Hall–Kier alpha value is -1.54. The SMILES string of the molecule is CC(C)(C(=O)O)c1cccc2ccc(Cl)cc12. The van der Waals surface area contributed by atoms with E-state index < -0.39 is 11.4 Å². The third-order valence-corrected chi connectivity index (χ3v) is 3.29. The van der Waals surface area contributed by atoms with Crippen LogP contribution in [-0.4, -0.2) is 11.1 Å². The molecule has 3 heteroatoms. The van der Waals surface area contributed by atoms with Gasteiger partial charge in [0.2, 0.25) is 0 Å². The molecule has 0 unspecified atom stereocenters. The predicted molar refractivity (Wildman–Crippen MR) is 69.6 cm³/mol. The molecule has 0 saturated carbocycles. The van der Waals surface area contributed by atoms with Gasteiger partial charge in [0.15, 0.2) is 0 Å². The Kier molecular flexibility index (Phi) is 2.84. The van der Waals surface area contributed by atoms with Crippen LogP contribution in [0.5, 0.6) is 0 Å². The second-order valence-electron chi connectivity index (χ2n) is 4.60. The summed E-state index contributed by atoms with van der Waals surface area (Å²) in [5.41, 5.74) is -0.144. The summed E-state index contributed by atoms with van der Waals surface area (Å²) in [5.74, 6) is -0.843. The first kappa shape index (κ1) is 11.9. The van der Waals surface area contributed by atoms with Gasteiger partial charge >= 0.3 is 5.97 Å². The first-order chi connectivity index (χ1) is 7.93. The molecule has 0 aliphatic rings. The van der Waals surface area contributed by atoms with E-state index in [0.717, 1.165) is 16.3 Å². The topological polar surface area (TPSA) is 37.3 Å². The van der Waals surface area contributed by atoms with Crippen molar-refractivity contribution in [1.29, 1.82) is 0 Å². The Morgan fingerprint density at radius 3 is 2.59 bits per heavy atom. The molecule has 2 aromatic carbocycles. The molecule has 0 saturated heterocycles. The van der Waals surface area contributed by atoms with Gasteiger partial charge in [0.05, 0.1) is 5.41 Å². The lowest BCUT2D eigenvalue weighted by molar-refractivity contribution is -0.142. The molecule has 0 atom stereocenters. The number of hydrogen-bond donors (Lipinski definition) is 1. The molecule has 0 fully saturated rings. The van der Waals surface area contributed by atoms with Gasteiger partial charge in [-0.1, -0.05) is 35.9 Å². The van der Waals surface area contributed by atoms with E-state index in [1.807, 2.05) is 30.3 Å². The zero-order valence-corrected chi connectivity index (χ0v) is 10.5. The Morgan fingerprint density at radius 1 is 1.24 bits per heavy atom. The van der Waals surface area contributed by atoms with Crippen molar-refractivity contribution in [2.45, 2.75) is 19.3 Å². The molecule has 2 rings (SSSR count). The normalized spacial score (nSPS) is 11.7. The Labute approximate surface area is 105 Å². The maximum atomic E-state index is 11.3. The highest BCUT2D eigenvalue weighted by atomic mass is 35.5. The third-order valence-electron chi connectivity index (χ3n) is 3.05. The zero-order valence-electron chi connectivity index (χ0n) is 9.70. The molecule has 0 aliphatic heterocycles. The maximum absolute atomic E-state index is 11.3. The molecule has 2 aromatic rings. The van der Waals surface area contributed by atoms with Crippen molar-refractivity contribution in [3.8, 4) is 0 Å². The van der Waals surface area contributed by atoms with Crippen LogP contribution in [0.2, 0.25) is 5.02 Å². The monoisotopic (exact) mass is 248 g/mol. The summed E-state index contributed by atoms with van der Waals surface area (Å²) in [7, 11) is 0. The van der Waals surface area contributed by atoms with Gasteiger partial charge in [-0.05, 0) is 42.3 Å². The zero-order chi connectivity index (χ0) is 12.6. The number of fused-ring (bicyclic) bond motifs is 1. The lowest BCUT2D eigenvalue weighted by atomic mass is 9.82. The van der Waals surface area contributed by atoms with Gasteiger partial charge < -0.3 is 5.11 Å². The van der Waals surface area contributed by atoms with Crippen molar-refractivity contribution >= 4 is 28.3 Å². The molecule has 0 amide bonds. The summed E-state index contributed by atoms with van der Waals surface area (Å²) in [6.45, 7) is 3.40. The van der Waals surface area contributed by atoms with Crippen LogP contribution in [0.4, 0.5) is 0 Å². The van der Waals surface area contributed by atoms with Crippen molar-refractivity contribution in [2.24, 2.45) is 0 Å². The molecule has 0 aromatic heterocycles. The maximum Gasteiger partial charge on any atom is 0.313 e. The van der Waals surface area contributed by atoms with Crippen LogP contribution in [0.25, 0.3) is 10.8 Å². The molecule has 17 heavy (non-hydrogen) atoms. The summed E-state index contributed by atoms with van der Waals surface area (Å²) >= 11 is 5.97. The van der Waals surface area contributed by atoms with Gasteiger partial charge in [-0.3, -0.25) is 4.79 Å². The van der Waals surface area contributed by atoms with E-state index in [2.05, 4.69) is 0 Å². The predicted octanol–water partition coefficient (Wildman–Crippen LogP) is 3.86. The smallest absolute Gasteiger partial charge is 0.313 e. The molecular weight excluding hydrogens is 236 g/mol. The minimum absolute atomic E-state index is 0.617. The third kappa shape index (κ3) is 2.01. The average Bonchev–Trinajstić information content (AvgIpc) is 2.27.